The van der Waals surface area contributed by atoms with Crippen molar-refractivity contribution in [3.05, 3.63) is 110 Å². The SMILES string of the molecule is Cc1ccc(-n2c(=O)c3ccccc3n(Cc3nc(-c4ccc(Cl)cc4)no3)c2=O)cc1C. The highest BCUT2D eigenvalue weighted by atomic mass is 35.5. The number of aryl methyl sites for hydroxylation is 2. The van der Waals surface area contributed by atoms with Gasteiger partial charge in [0.2, 0.25) is 11.7 Å². The Morgan fingerprint density at radius 3 is 2.45 bits per heavy atom. The van der Waals surface area contributed by atoms with E-state index in [4.69, 9.17) is 16.1 Å². The first-order valence-corrected chi connectivity index (χ1v) is 10.7. The molecule has 3 aromatic carbocycles. The van der Waals surface area contributed by atoms with Gasteiger partial charge in [-0.15, -0.1) is 0 Å². The van der Waals surface area contributed by atoms with E-state index in [9.17, 15) is 9.59 Å². The molecule has 7 nitrogen and oxygen atoms in total. The smallest absolute Gasteiger partial charge is 0.336 e. The summed E-state index contributed by atoms with van der Waals surface area (Å²) >= 11 is 5.95. The maximum atomic E-state index is 13.5. The number of hydrogen-bond acceptors (Lipinski definition) is 5. The Hall–Kier alpha value is -3.97. The molecule has 0 atom stereocenters. The number of para-hydroxylation sites is 1. The van der Waals surface area contributed by atoms with Crippen LogP contribution in [0.25, 0.3) is 28.0 Å². The Morgan fingerprint density at radius 2 is 1.70 bits per heavy atom. The van der Waals surface area contributed by atoms with Gasteiger partial charge in [0.05, 0.1) is 16.6 Å². The van der Waals surface area contributed by atoms with Crippen molar-refractivity contribution in [1.82, 2.24) is 19.3 Å². The van der Waals surface area contributed by atoms with Crippen LogP contribution in [0.2, 0.25) is 5.02 Å². The van der Waals surface area contributed by atoms with Crippen LogP contribution in [-0.2, 0) is 6.54 Å². The van der Waals surface area contributed by atoms with E-state index in [-0.39, 0.29) is 18.0 Å². The number of rotatable bonds is 4. The van der Waals surface area contributed by atoms with Crippen LogP contribution in [0.3, 0.4) is 0 Å². The van der Waals surface area contributed by atoms with Gasteiger partial charge < -0.3 is 4.52 Å². The Bertz CT molecular complexity index is 1610. The Labute approximate surface area is 193 Å². The Balaban J connectivity index is 1.66. The van der Waals surface area contributed by atoms with E-state index < -0.39 is 5.69 Å². The summed E-state index contributed by atoms with van der Waals surface area (Å²) in [7, 11) is 0. The minimum absolute atomic E-state index is 0.0189. The fraction of sp³-hybridized carbons (Fsp3) is 0.120. The molecule has 0 saturated carbocycles. The minimum Gasteiger partial charge on any atom is -0.337 e. The summed E-state index contributed by atoms with van der Waals surface area (Å²) in [6.07, 6.45) is 0. The molecule has 2 aromatic heterocycles. The molecule has 0 radical (unpaired) electrons. The molecule has 0 amide bonds. The molecule has 0 N–H and O–H groups in total. The van der Waals surface area contributed by atoms with Crippen LogP contribution in [0, 0.1) is 13.8 Å². The van der Waals surface area contributed by atoms with Gasteiger partial charge in [0.1, 0.15) is 6.54 Å². The highest BCUT2D eigenvalue weighted by Gasteiger charge is 2.17. The normalized spacial score (nSPS) is 11.2. The quantitative estimate of drug-likeness (QED) is 0.395. The average molecular weight is 459 g/mol. The number of nitrogens with zero attached hydrogens (tertiary/aromatic N) is 4. The molecule has 0 spiro atoms. The fourth-order valence-electron chi connectivity index (χ4n) is 3.74. The lowest BCUT2D eigenvalue weighted by molar-refractivity contribution is 0.370. The first-order chi connectivity index (χ1) is 15.9. The molecule has 5 rings (SSSR count). The van der Waals surface area contributed by atoms with Crippen LogP contribution in [0.15, 0.2) is 80.8 Å². The van der Waals surface area contributed by atoms with Gasteiger partial charge in [-0.2, -0.15) is 4.98 Å². The van der Waals surface area contributed by atoms with E-state index >= 15 is 0 Å². The number of benzene rings is 3. The van der Waals surface area contributed by atoms with Crippen molar-refractivity contribution in [3.63, 3.8) is 0 Å². The molecule has 5 aromatic rings. The van der Waals surface area contributed by atoms with Gasteiger partial charge >= 0.3 is 5.69 Å². The molecule has 0 unspecified atom stereocenters. The van der Waals surface area contributed by atoms with Crippen LogP contribution in [0.1, 0.15) is 17.0 Å². The van der Waals surface area contributed by atoms with E-state index in [0.29, 0.717) is 27.4 Å². The molecule has 0 aliphatic carbocycles. The molecule has 164 valence electrons. The standard InChI is InChI=1S/C25H19ClN4O3/c1-15-7-12-19(13-16(15)2)30-24(31)20-5-3-4-6-21(20)29(25(30)32)14-22-27-23(28-33-22)17-8-10-18(26)11-9-17/h3-13H,14H2,1-2H3. The molecule has 0 fully saturated rings. The van der Waals surface area contributed by atoms with Gasteiger partial charge in [-0.3, -0.25) is 9.36 Å². The fourth-order valence-corrected chi connectivity index (χ4v) is 3.86. The average Bonchev–Trinajstić information content (AvgIpc) is 3.28. The predicted molar refractivity (Wildman–Crippen MR) is 127 cm³/mol. The zero-order valence-electron chi connectivity index (χ0n) is 17.9. The van der Waals surface area contributed by atoms with Gasteiger partial charge in [0.25, 0.3) is 5.56 Å². The van der Waals surface area contributed by atoms with E-state index in [0.717, 1.165) is 16.7 Å². The molecule has 8 heteroatoms. The third-order valence-corrected chi connectivity index (χ3v) is 5.92. The molecule has 0 bridgehead atoms. The number of halogens is 1. The monoisotopic (exact) mass is 458 g/mol. The zero-order chi connectivity index (χ0) is 23.1. The van der Waals surface area contributed by atoms with Gasteiger partial charge in [0.15, 0.2) is 0 Å². The van der Waals surface area contributed by atoms with Crippen molar-refractivity contribution in [2.75, 3.05) is 0 Å². The topological polar surface area (TPSA) is 82.9 Å². The van der Waals surface area contributed by atoms with Crippen LogP contribution in [-0.4, -0.2) is 19.3 Å². The van der Waals surface area contributed by atoms with Crippen molar-refractivity contribution in [1.29, 1.82) is 0 Å². The highest BCUT2D eigenvalue weighted by Crippen LogP contribution is 2.20. The van der Waals surface area contributed by atoms with Crippen molar-refractivity contribution >= 4 is 22.5 Å². The maximum Gasteiger partial charge on any atom is 0.336 e. The van der Waals surface area contributed by atoms with Crippen LogP contribution in [0.5, 0.6) is 0 Å². The van der Waals surface area contributed by atoms with Gasteiger partial charge in [0, 0.05) is 10.6 Å². The van der Waals surface area contributed by atoms with Crippen molar-refractivity contribution < 1.29 is 4.52 Å². The molecule has 0 aliphatic heterocycles. The molecular formula is C25H19ClN4O3. The maximum absolute atomic E-state index is 13.5. The highest BCUT2D eigenvalue weighted by molar-refractivity contribution is 6.30. The van der Waals surface area contributed by atoms with Gasteiger partial charge in [-0.25, -0.2) is 9.36 Å². The summed E-state index contributed by atoms with van der Waals surface area (Å²) in [5.41, 5.74) is 2.97. The molecule has 0 aliphatic rings. The van der Waals surface area contributed by atoms with Crippen LogP contribution < -0.4 is 11.2 Å². The summed E-state index contributed by atoms with van der Waals surface area (Å²) in [6, 6.07) is 19.6. The predicted octanol–water partition coefficient (Wildman–Crippen LogP) is 4.52. The van der Waals surface area contributed by atoms with Crippen LogP contribution in [0.4, 0.5) is 0 Å². The first kappa shape index (κ1) is 20.9. The zero-order valence-corrected chi connectivity index (χ0v) is 18.7. The van der Waals surface area contributed by atoms with E-state index in [1.54, 1.807) is 54.6 Å². The first-order valence-electron chi connectivity index (χ1n) is 10.3. The lowest BCUT2D eigenvalue weighted by Crippen LogP contribution is -2.39. The van der Waals surface area contributed by atoms with Crippen molar-refractivity contribution in [2.24, 2.45) is 0 Å². The second kappa shape index (κ2) is 8.18. The van der Waals surface area contributed by atoms with Crippen molar-refractivity contribution in [2.45, 2.75) is 20.4 Å². The van der Waals surface area contributed by atoms with E-state index in [1.807, 2.05) is 26.0 Å². The van der Waals surface area contributed by atoms with E-state index in [1.165, 1.54) is 9.13 Å². The minimum atomic E-state index is -0.479. The number of hydrogen-bond donors (Lipinski definition) is 0. The molecule has 2 heterocycles. The second-order valence-corrected chi connectivity index (χ2v) is 8.25. The van der Waals surface area contributed by atoms with Gasteiger partial charge in [-0.1, -0.05) is 35.0 Å². The lowest BCUT2D eigenvalue weighted by atomic mass is 10.1. The summed E-state index contributed by atoms with van der Waals surface area (Å²) in [6.45, 7) is 3.94. The Kier molecular flexibility index (Phi) is 5.18. The van der Waals surface area contributed by atoms with Crippen LogP contribution >= 0.6 is 11.6 Å². The summed E-state index contributed by atoms with van der Waals surface area (Å²) in [5.74, 6) is 0.638. The molecule has 0 saturated heterocycles. The molecule has 33 heavy (non-hydrogen) atoms. The molecular weight excluding hydrogens is 440 g/mol. The largest absolute Gasteiger partial charge is 0.337 e. The third-order valence-electron chi connectivity index (χ3n) is 5.66. The Morgan fingerprint density at radius 1 is 0.939 bits per heavy atom. The summed E-state index contributed by atoms with van der Waals surface area (Å²) in [4.78, 5) is 31.2. The summed E-state index contributed by atoms with van der Waals surface area (Å²) < 4.78 is 8.09. The lowest BCUT2D eigenvalue weighted by Gasteiger charge is -2.13. The number of fused-ring (bicyclic) bond motifs is 1. The van der Waals surface area contributed by atoms with E-state index in [2.05, 4.69) is 10.1 Å². The number of aromatic nitrogens is 4. The third kappa shape index (κ3) is 3.76. The summed E-state index contributed by atoms with van der Waals surface area (Å²) in [5, 5.41) is 5.06. The van der Waals surface area contributed by atoms with Gasteiger partial charge in [-0.05, 0) is 73.5 Å². The second-order valence-electron chi connectivity index (χ2n) is 7.81. The van der Waals surface area contributed by atoms with Crippen molar-refractivity contribution in [3.8, 4) is 17.1 Å².